The van der Waals surface area contributed by atoms with Gasteiger partial charge in [-0.2, -0.15) is 26.3 Å². The highest BCUT2D eigenvalue weighted by atomic mass is 32.1. The van der Waals surface area contributed by atoms with Gasteiger partial charge in [-0.15, -0.1) is 11.3 Å². The molecule has 128 valence electrons. The predicted molar refractivity (Wildman–Crippen MR) is 81.9 cm³/mol. The van der Waals surface area contributed by atoms with Crippen LogP contribution in [-0.2, 0) is 0 Å². The van der Waals surface area contributed by atoms with E-state index in [0.717, 1.165) is 11.3 Å². The minimum absolute atomic E-state index is 0.252. The van der Waals surface area contributed by atoms with Crippen molar-refractivity contribution < 1.29 is 26.3 Å². The second-order valence-corrected chi connectivity index (χ2v) is 6.93. The Labute approximate surface area is 138 Å². The van der Waals surface area contributed by atoms with Crippen molar-refractivity contribution in [2.45, 2.75) is 31.6 Å². The molecule has 3 rings (SSSR count). The molecule has 0 nitrogen and oxygen atoms in total. The first-order chi connectivity index (χ1) is 11.0. The summed E-state index contributed by atoms with van der Waals surface area (Å²) < 4.78 is 82.9. The van der Waals surface area contributed by atoms with E-state index in [9.17, 15) is 26.3 Å². The van der Waals surface area contributed by atoms with Gasteiger partial charge in [0.2, 0.25) is 0 Å². The average molecular weight is 362 g/mol. The van der Waals surface area contributed by atoms with Crippen LogP contribution in [0.4, 0.5) is 26.3 Å². The van der Waals surface area contributed by atoms with Gasteiger partial charge in [-0.3, -0.25) is 0 Å². The molecule has 1 aliphatic rings. The zero-order chi connectivity index (χ0) is 17.9. The SMILES string of the molecule is CC1=C(c2cc(-c3ccccc3)sc2C)C(F)(F)C(F)(F)C1(F)F. The largest absolute Gasteiger partial charge is 0.380 e. The fraction of sp³-hybridized carbons (Fsp3) is 0.294. The number of halogens is 6. The second-order valence-electron chi connectivity index (χ2n) is 5.67. The van der Waals surface area contributed by atoms with E-state index >= 15 is 0 Å². The van der Waals surface area contributed by atoms with Crippen molar-refractivity contribution in [1.29, 1.82) is 0 Å². The molecule has 0 amide bonds. The highest BCUT2D eigenvalue weighted by Gasteiger charge is 2.79. The second kappa shape index (κ2) is 5.12. The van der Waals surface area contributed by atoms with Crippen LogP contribution in [0.25, 0.3) is 16.0 Å². The normalized spacial score (nSPS) is 21.3. The molecule has 0 radical (unpaired) electrons. The van der Waals surface area contributed by atoms with Gasteiger partial charge in [-0.1, -0.05) is 30.3 Å². The monoisotopic (exact) mass is 362 g/mol. The molecule has 1 aromatic carbocycles. The van der Waals surface area contributed by atoms with Gasteiger partial charge >= 0.3 is 17.8 Å². The molecule has 2 aromatic rings. The molecule has 0 spiro atoms. The van der Waals surface area contributed by atoms with Gasteiger partial charge in [-0.25, -0.2) is 0 Å². The van der Waals surface area contributed by atoms with E-state index in [2.05, 4.69) is 0 Å². The lowest BCUT2D eigenvalue weighted by Crippen LogP contribution is -2.48. The molecule has 0 saturated heterocycles. The quantitative estimate of drug-likeness (QED) is 0.541. The van der Waals surface area contributed by atoms with Crippen LogP contribution in [0, 0.1) is 6.92 Å². The summed E-state index contributed by atoms with van der Waals surface area (Å²) in [5.74, 6) is -15.3. The van der Waals surface area contributed by atoms with Crippen LogP contribution in [0.3, 0.4) is 0 Å². The van der Waals surface area contributed by atoms with E-state index < -0.39 is 28.9 Å². The molecule has 1 heterocycles. The van der Waals surface area contributed by atoms with E-state index in [1.807, 2.05) is 0 Å². The molecule has 1 aromatic heterocycles. The van der Waals surface area contributed by atoms with Crippen LogP contribution in [0.1, 0.15) is 17.4 Å². The first-order valence-corrected chi connectivity index (χ1v) is 7.85. The van der Waals surface area contributed by atoms with Crippen LogP contribution in [0.2, 0.25) is 0 Å². The van der Waals surface area contributed by atoms with Gasteiger partial charge in [0, 0.05) is 20.9 Å². The van der Waals surface area contributed by atoms with Gasteiger partial charge < -0.3 is 0 Å². The molecule has 0 fully saturated rings. The van der Waals surface area contributed by atoms with Crippen LogP contribution >= 0.6 is 11.3 Å². The highest BCUT2D eigenvalue weighted by Crippen LogP contribution is 2.62. The van der Waals surface area contributed by atoms with Crippen molar-refractivity contribution in [2.75, 3.05) is 0 Å². The Morgan fingerprint density at radius 2 is 1.42 bits per heavy atom. The van der Waals surface area contributed by atoms with Gasteiger partial charge in [0.15, 0.2) is 0 Å². The summed E-state index contributed by atoms with van der Waals surface area (Å²) >= 11 is 1.10. The first kappa shape index (κ1) is 17.1. The van der Waals surface area contributed by atoms with Crippen molar-refractivity contribution >= 4 is 16.9 Å². The van der Waals surface area contributed by atoms with Crippen molar-refractivity contribution in [3.63, 3.8) is 0 Å². The van der Waals surface area contributed by atoms with Crippen LogP contribution < -0.4 is 0 Å². The molecule has 0 aliphatic heterocycles. The van der Waals surface area contributed by atoms with Crippen LogP contribution in [0.15, 0.2) is 42.0 Å². The molecule has 0 bridgehead atoms. The van der Waals surface area contributed by atoms with Crippen molar-refractivity contribution in [1.82, 2.24) is 0 Å². The summed E-state index contributed by atoms with van der Waals surface area (Å²) in [4.78, 5) is 0.842. The maximum absolute atomic E-state index is 14.1. The molecular weight excluding hydrogens is 350 g/mol. The third-order valence-corrected chi connectivity index (χ3v) is 5.29. The van der Waals surface area contributed by atoms with E-state index in [4.69, 9.17) is 0 Å². The average Bonchev–Trinajstić information content (AvgIpc) is 2.92. The van der Waals surface area contributed by atoms with Crippen molar-refractivity contribution in [3.8, 4) is 10.4 Å². The number of hydrogen-bond donors (Lipinski definition) is 0. The smallest absolute Gasteiger partial charge is 0.194 e. The molecule has 1 aliphatic carbocycles. The summed E-state index contributed by atoms with van der Waals surface area (Å²) in [7, 11) is 0. The Morgan fingerprint density at radius 1 is 0.833 bits per heavy atom. The Bertz CT molecular complexity index is 817. The number of allylic oxidation sites excluding steroid dienone is 2. The summed E-state index contributed by atoms with van der Waals surface area (Å²) in [6, 6.07) is 9.98. The number of rotatable bonds is 2. The fourth-order valence-electron chi connectivity index (χ4n) is 2.83. The Morgan fingerprint density at radius 3 is 1.92 bits per heavy atom. The van der Waals surface area contributed by atoms with E-state index in [0.29, 0.717) is 17.4 Å². The Hall–Kier alpha value is -1.76. The maximum atomic E-state index is 14.1. The molecule has 0 unspecified atom stereocenters. The molecule has 0 saturated carbocycles. The Balaban J connectivity index is 2.20. The summed E-state index contributed by atoms with van der Waals surface area (Å²) in [5.41, 5.74) is -2.10. The lowest BCUT2D eigenvalue weighted by molar-refractivity contribution is -0.259. The summed E-state index contributed by atoms with van der Waals surface area (Å²) in [5, 5.41) is 0. The molecule has 0 atom stereocenters. The van der Waals surface area contributed by atoms with Crippen LogP contribution in [-0.4, -0.2) is 17.8 Å². The lowest BCUT2D eigenvalue weighted by atomic mass is 9.99. The number of thiophene rings is 1. The number of aryl methyl sites for hydroxylation is 1. The third-order valence-electron chi connectivity index (χ3n) is 4.19. The van der Waals surface area contributed by atoms with Gasteiger partial charge in [0.05, 0.1) is 0 Å². The molecule has 7 heteroatoms. The Kier molecular flexibility index (Phi) is 3.64. The maximum Gasteiger partial charge on any atom is 0.380 e. The number of hydrogen-bond acceptors (Lipinski definition) is 1. The number of benzene rings is 1. The van der Waals surface area contributed by atoms with Crippen molar-refractivity contribution in [2.24, 2.45) is 0 Å². The van der Waals surface area contributed by atoms with Crippen molar-refractivity contribution in [3.05, 3.63) is 52.4 Å². The van der Waals surface area contributed by atoms with Gasteiger partial charge in [0.25, 0.3) is 0 Å². The predicted octanol–water partition coefficient (Wildman–Crippen LogP) is 6.42. The first-order valence-electron chi connectivity index (χ1n) is 7.03. The molecule has 0 N–H and O–H groups in total. The van der Waals surface area contributed by atoms with E-state index in [1.54, 1.807) is 30.3 Å². The lowest BCUT2D eigenvalue weighted by Gasteiger charge is -2.25. The summed E-state index contributed by atoms with van der Waals surface area (Å²) in [6.45, 7) is 2.10. The highest BCUT2D eigenvalue weighted by molar-refractivity contribution is 7.15. The topological polar surface area (TPSA) is 0 Å². The number of alkyl halides is 6. The zero-order valence-electron chi connectivity index (χ0n) is 12.6. The zero-order valence-corrected chi connectivity index (χ0v) is 13.5. The van der Waals surface area contributed by atoms with Gasteiger partial charge in [-0.05, 0) is 31.0 Å². The van der Waals surface area contributed by atoms with Crippen LogP contribution in [0.5, 0.6) is 0 Å². The van der Waals surface area contributed by atoms with E-state index in [-0.39, 0.29) is 10.4 Å². The molecular formula is C17H12F6S. The van der Waals surface area contributed by atoms with E-state index in [1.165, 1.54) is 13.0 Å². The minimum atomic E-state index is -5.44. The third kappa shape index (κ3) is 2.06. The minimum Gasteiger partial charge on any atom is -0.194 e. The standard InChI is InChI=1S/C17H12F6S/c1-9-14(16(20,21)17(22,23)15(9,18)19)12-8-13(24-10(12)2)11-6-4-3-5-7-11/h3-8H,1-2H3. The molecule has 24 heavy (non-hydrogen) atoms. The fourth-order valence-corrected chi connectivity index (χ4v) is 3.86. The summed E-state index contributed by atoms with van der Waals surface area (Å²) in [6.07, 6.45) is 0. The van der Waals surface area contributed by atoms with Gasteiger partial charge in [0.1, 0.15) is 0 Å².